The molecule has 0 aromatic carbocycles. The first-order valence-electron chi connectivity index (χ1n) is 6.02. The minimum atomic E-state index is -0.454. The van der Waals surface area contributed by atoms with E-state index in [1.165, 1.54) is 6.20 Å². The van der Waals surface area contributed by atoms with Gasteiger partial charge in [-0.25, -0.2) is 4.98 Å². The van der Waals surface area contributed by atoms with Gasteiger partial charge in [0, 0.05) is 12.6 Å². The molecular weight excluding hydrogens is 234 g/mol. The van der Waals surface area contributed by atoms with E-state index in [4.69, 9.17) is 5.73 Å². The Morgan fingerprint density at radius 1 is 1.61 bits per heavy atom. The first kappa shape index (κ1) is 12.5. The van der Waals surface area contributed by atoms with Crippen molar-refractivity contribution in [3.63, 3.8) is 0 Å². The third-order valence-electron chi connectivity index (χ3n) is 2.79. The Kier molecular flexibility index (Phi) is 3.31. The van der Waals surface area contributed by atoms with E-state index in [0.29, 0.717) is 17.8 Å². The zero-order valence-electron chi connectivity index (χ0n) is 10.5. The highest BCUT2D eigenvalue weighted by molar-refractivity contribution is 5.59. The lowest BCUT2D eigenvalue weighted by molar-refractivity contribution is -0.384. The lowest BCUT2D eigenvalue weighted by Gasteiger charge is -2.24. The largest absolute Gasteiger partial charge is 0.368 e. The molecule has 1 fully saturated rings. The monoisotopic (exact) mass is 251 g/mol. The van der Waals surface area contributed by atoms with Crippen molar-refractivity contribution in [1.82, 2.24) is 9.97 Å². The molecule has 1 aromatic heterocycles. The van der Waals surface area contributed by atoms with Gasteiger partial charge in [-0.2, -0.15) is 4.98 Å². The van der Waals surface area contributed by atoms with E-state index in [2.05, 4.69) is 23.8 Å². The normalized spacial score (nSPS) is 14.8. The predicted molar refractivity (Wildman–Crippen MR) is 68.3 cm³/mol. The maximum Gasteiger partial charge on any atom is 0.329 e. The van der Waals surface area contributed by atoms with Gasteiger partial charge in [-0.3, -0.25) is 10.1 Å². The minimum absolute atomic E-state index is 0.0725. The molecule has 1 saturated carbocycles. The number of nitrogen functional groups attached to an aromatic ring is 1. The first-order chi connectivity index (χ1) is 8.49. The maximum absolute atomic E-state index is 11.0. The maximum atomic E-state index is 11.0. The molecule has 7 nitrogen and oxygen atoms in total. The van der Waals surface area contributed by atoms with Crippen LogP contribution in [0.5, 0.6) is 0 Å². The van der Waals surface area contributed by atoms with Crippen molar-refractivity contribution in [2.45, 2.75) is 32.7 Å². The van der Waals surface area contributed by atoms with E-state index in [0.717, 1.165) is 19.4 Å². The van der Waals surface area contributed by atoms with Gasteiger partial charge in [-0.15, -0.1) is 0 Å². The van der Waals surface area contributed by atoms with Gasteiger partial charge in [0.1, 0.15) is 6.20 Å². The number of anilines is 2. The third kappa shape index (κ3) is 2.66. The van der Waals surface area contributed by atoms with E-state index in [1.807, 2.05) is 4.90 Å². The van der Waals surface area contributed by atoms with Crippen LogP contribution >= 0.6 is 0 Å². The summed E-state index contributed by atoms with van der Waals surface area (Å²) in [4.78, 5) is 20.3. The summed E-state index contributed by atoms with van der Waals surface area (Å²) in [5, 5.41) is 11.0. The Morgan fingerprint density at radius 3 is 2.78 bits per heavy atom. The number of rotatable bonds is 5. The van der Waals surface area contributed by atoms with Crippen molar-refractivity contribution in [2.75, 3.05) is 17.2 Å². The van der Waals surface area contributed by atoms with Crippen LogP contribution in [0.3, 0.4) is 0 Å². The van der Waals surface area contributed by atoms with Crippen molar-refractivity contribution in [3.8, 4) is 0 Å². The van der Waals surface area contributed by atoms with Crippen LogP contribution in [-0.2, 0) is 0 Å². The lowest BCUT2D eigenvalue weighted by atomic mass is 10.2. The summed E-state index contributed by atoms with van der Waals surface area (Å²) >= 11 is 0. The topological polar surface area (TPSA) is 98.2 Å². The van der Waals surface area contributed by atoms with Crippen LogP contribution in [0, 0.1) is 16.0 Å². The SMILES string of the molecule is CC(C)CN(c1nc(N)ncc1[N+](=O)[O-])C1CC1. The third-order valence-corrected chi connectivity index (χ3v) is 2.79. The van der Waals surface area contributed by atoms with Gasteiger partial charge in [0.2, 0.25) is 11.8 Å². The summed E-state index contributed by atoms with van der Waals surface area (Å²) in [6.45, 7) is 4.89. The highest BCUT2D eigenvalue weighted by atomic mass is 16.6. The second-order valence-corrected chi connectivity index (χ2v) is 4.97. The molecule has 1 aliphatic rings. The van der Waals surface area contributed by atoms with Crippen LogP contribution in [0.1, 0.15) is 26.7 Å². The van der Waals surface area contributed by atoms with Crippen LogP contribution in [0.4, 0.5) is 17.5 Å². The number of nitrogens with zero attached hydrogens (tertiary/aromatic N) is 4. The molecule has 1 aliphatic carbocycles. The molecule has 18 heavy (non-hydrogen) atoms. The fraction of sp³-hybridized carbons (Fsp3) is 0.636. The summed E-state index contributed by atoms with van der Waals surface area (Å²) < 4.78 is 0. The number of nitro groups is 1. The Hall–Kier alpha value is -1.92. The summed E-state index contributed by atoms with van der Waals surface area (Å²) in [6, 6.07) is 0.348. The van der Waals surface area contributed by atoms with Crippen LogP contribution in [0.25, 0.3) is 0 Å². The molecule has 0 atom stereocenters. The Labute approximate surface area is 105 Å². The molecule has 0 radical (unpaired) electrons. The van der Waals surface area contributed by atoms with Crippen LogP contribution in [0.15, 0.2) is 6.20 Å². The molecule has 0 amide bonds. The first-order valence-corrected chi connectivity index (χ1v) is 6.02. The van der Waals surface area contributed by atoms with Crippen molar-refractivity contribution in [3.05, 3.63) is 16.3 Å². The fourth-order valence-electron chi connectivity index (χ4n) is 1.91. The minimum Gasteiger partial charge on any atom is -0.368 e. The van der Waals surface area contributed by atoms with Crippen LogP contribution < -0.4 is 10.6 Å². The fourth-order valence-corrected chi connectivity index (χ4v) is 1.91. The molecule has 0 unspecified atom stereocenters. The molecule has 1 aromatic rings. The predicted octanol–water partition coefficient (Wildman–Crippen LogP) is 1.59. The van der Waals surface area contributed by atoms with E-state index in [9.17, 15) is 10.1 Å². The quantitative estimate of drug-likeness (QED) is 0.630. The Morgan fingerprint density at radius 2 is 2.28 bits per heavy atom. The van der Waals surface area contributed by atoms with E-state index >= 15 is 0 Å². The molecule has 2 N–H and O–H groups in total. The summed E-state index contributed by atoms with van der Waals surface area (Å²) in [5.74, 6) is 0.829. The molecule has 0 spiro atoms. The summed E-state index contributed by atoms with van der Waals surface area (Å²) in [6.07, 6.45) is 3.29. The molecule has 7 heteroatoms. The van der Waals surface area contributed by atoms with Crippen molar-refractivity contribution < 1.29 is 4.92 Å². The standard InChI is InChI=1S/C11H17N5O2/c1-7(2)6-15(8-3-4-8)10-9(16(17)18)5-13-11(12)14-10/h5,7-8H,3-4,6H2,1-2H3,(H2,12,13,14). The number of aromatic nitrogens is 2. The number of hydrogen-bond donors (Lipinski definition) is 1. The molecule has 2 rings (SSSR count). The zero-order chi connectivity index (χ0) is 13.3. The zero-order valence-corrected chi connectivity index (χ0v) is 10.5. The highest BCUT2D eigenvalue weighted by Gasteiger charge is 2.34. The van der Waals surface area contributed by atoms with Gasteiger partial charge in [0.15, 0.2) is 0 Å². The molecule has 0 bridgehead atoms. The van der Waals surface area contributed by atoms with Gasteiger partial charge >= 0.3 is 5.69 Å². The van der Waals surface area contributed by atoms with Gasteiger partial charge in [0.25, 0.3) is 0 Å². The average molecular weight is 251 g/mol. The second kappa shape index (κ2) is 4.75. The smallest absolute Gasteiger partial charge is 0.329 e. The van der Waals surface area contributed by atoms with Crippen molar-refractivity contribution in [1.29, 1.82) is 0 Å². The second-order valence-electron chi connectivity index (χ2n) is 4.97. The van der Waals surface area contributed by atoms with Crippen LogP contribution in [0.2, 0.25) is 0 Å². The lowest BCUT2D eigenvalue weighted by Crippen LogP contribution is -2.31. The molecule has 98 valence electrons. The Bertz CT molecular complexity index is 459. The molecular formula is C11H17N5O2. The van der Waals surface area contributed by atoms with Gasteiger partial charge in [-0.05, 0) is 18.8 Å². The molecule has 0 aliphatic heterocycles. The van der Waals surface area contributed by atoms with Gasteiger partial charge in [0.05, 0.1) is 4.92 Å². The van der Waals surface area contributed by atoms with Crippen LogP contribution in [-0.4, -0.2) is 27.5 Å². The highest BCUT2D eigenvalue weighted by Crippen LogP contribution is 2.35. The van der Waals surface area contributed by atoms with E-state index in [-0.39, 0.29) is 11.6 Å². The summed E-state index contributed by atoms with van der Waals surface area (Å²) in [7, 11) is 0. The van der Waals surface area contributed by atoms with Crippen molar-refractivity contribution in [2.24, 2.45) is 5.92 Å². The van der Waals surface area contributed by atoms with Gasteiger partial charge in [-0.1, -0.05) is 13.8 Å². The number of nitrogens with two attached hydrogens (primary N) is 1. The van der Waals surface area contributed by atoms with Crippen molar-refractivity contribution >= 4 is 17.5 Å². The molecule has 0 saturated heterocycles. The number of hydrogen-bond acceptors (Lipinski definition) is 6. The van der Waals surface area contributed by atoms with E-state index in [1.54, 1.807) is 0 Å². The van der Waals surface area contributed by atoms with Gasteiger partial charge < -0.3 is 10.6 Å². The molecule has 1 heterocycles. The van der Waals surface area contributed by atoms with E-state index < -0.39 is 4.92 Å². The summed E-state index contributed by atoms with van der Waals surface area (Å²) in [5.41, 5.74) is 5.47. The Balaban J connectivity index is 2.38. The average Bonchev–Trinajstić information content (AvgIpc) is 3.08.